The van der Waals surface area contributed by atoms with E-state index in [-0.39, 0.29) is 37.5 Å². The Bertz CT molecular complexity index is 2470. The van der Waals surface area contributed by atoms with Gasteiger partial charge in [0.15, 0.2) is 5.82 Å². The van der Waals surface area contributed by atoms with E-state index in [4.69, 9.17) is 19.4 Å². The smallest absolute Gasteiger partial charge is 0.408 e. The first kappa shape index (κ1) is 40.5. The largest absolute Gasteiger partial charge is 0.471 e. The molecule has 3 aromatic heterocycles. The Morgan fingerprint density at radius 1 is 1.07 bits per heavy atom. The maximum Gasteiger partial charge on any atom is 0.408 e. The topological polar surface area (TPSA) is 199 Å². The van der Waals surface area contributed by atoms with Crippen LogP contribution in [0.2, 0.25) is 0 Å². The normalized spacial score (nSPS) is 25.3. The van der Waals surface area contributed by atoms with E-state index in [1.165, 1.54) is 28.4 Å². The second-order valence-corrected chi connectivity index (χ2v) is 19.7. The van der Waals surface area contributed by atoms with Gasteiger partial charge < -0.3 is 25.0 Å². The number of halogens is 1. The molecule has 3 fully saturated rings. The number of allylic oxidation sites excluding steroid dienone is 1. The van der Waals surface area contributed by atoms with Crippen molar-refractivity contribution in [3.63, 3.8) is 0 Å². The van der Waals surface area contributed by atoms with Gasteiger partial charge in [-0.2, -0.15) is 4.98 Å². The summed E-state index contributed by atoms with van der Waals surface area (Å²) in [7, 11) is -3.93. The molecule has 2 aliphatic carbocycles. The van der Waals surface area contributed by atoms with E-state index in [0.717, 1.165) is 18.2 Å². The van der Waals surface area contributed by atoms with Crippen molar-refractivity contribution >= 4 is 65.6 Å². The van der Waals surface area contributed by atoms with Crippen LogP contribution in [0.1, 0.15) is 78.6 Å². The van der Waals surface area contributed by atoms with Crippen molar-refractivity contribution in [3.8, 4) is 17.3 Å². The summed E-state index contributed by atoms with van der Waals surface area (Å²) in [6.45, 7) is 5.03. The summed E-state index contributed by atoms with van der Waals surface area (Å²) in [5.41, 5.74) is -1.45. The number of aromatic nitrogens is 3. The van der Waals surface area contributed by atoms with Gasteiger partial charge in [-0.25, -0.2) is 27.6 Å². The van der Waals surface area contributed by atoms with Crippen LogP contribution in [-0.4, -0.2) is 93.2 Å². The molecule has 2 saturated carbocycles. The van der Waals surface area contributed by atoms with E-state index in [0.29, 0.717) is 46.3 Å². The lowest BCUT2D eigenvalue weighted by atomic mass is 10.0. The van der Waals surface area contributed by atoms with Gasteiger partial charge in [-0.3, -0.25) is 19.1 Å². The fourth-order valence-electron chi connectivity index (χ4n) is 7.75. The number of ether oxygens (including phenoxy) is 2. The van der Waals surface area contributed by atoms with E-state index in [9.17, 15) is 32.0 Å². The SMILES string of the molecule is CC(C)(C)OC(=O)N[C@H]1CCCCCC=C[C@@H]2C[C@@]2(C(=O)NS(=O)(=O)C2CC2)NC(=O)[C@@H]2C[C@@H](Oc3nc(-c4cccc(F)c4)nc4c3sc3ncccc34)CN2C1=O. The Hall–Kier alpha value is -5.23. The van der Waals surface area contributed by atoms with Gasteiger partial charge in [0.1, 0.15) is 44.7 Å². The molecule has 0 radical (unpaired) electrons. The molecular formula is C41H46FN7O8S2. The van der Waals surface area contributed by atoms with Crippen LogP contribution in [0, 0.1) is 11.7 Å². The van der Waals surface area contributed by atoms with E-state index in [1.54, 1.807) is 45.2 Å². The third-order valence-corrected chi connectivity index (χ3v) is 13.9. The second kappa shape index (κ2) is 15.7. The molecule has 1 aromatic carbocycles. The van der Waals surface area contributed by atoms with Crippen LogP contribution in [0.25, 0.3) is 31.8 Å². The zero-order valence-corrected chi connectivity index (χ0v) is 34.5. The highest BCUT2D eigenvalue weighted by atomic mass is 32.2. The molecule has 18 heteroatoms. The van der Waals surface area contributed by atoms with Crippen LogP contribution in [0.3, 0.4) is 0 Å². The molecule has 59 heavy (non-hydrogen) atoms. The maximum absolute atomic E-state index is 14.7. The number of hydrogen-bond donors (Lipinski definition) is 3. The molecule has 1 saturated heterocycles. The molecule has 5 atom stereocenters. The van der Waals surface area contributed by atoms with Crippen molar-refractivity contribution in [2.75, 3.05) is 6.54 Å². The first-order valence-corrected chi connectivity index (χ1v) is 22.3. The van der Waals surface area contributed by atoms with Gasteiger partial charge in [0.05, 0.1) is 17.3 Å². The number of rotatable bonds is 7. The number of carbonyl (C=O) groups excluding carboxylic acids is 4. The first-order valence-electron chi connectivity index (χ1n) is 19.9. The lowest BCUT2D eigenvalue weighted by molar-refractivity contribution is -0.141. The van der Waals surface area contributed by atoms with Gasteiger partial charge in [0.2, 0.25) is 27.7 Å². The van der Waals surface area contributed by atoms with Crippen molar-refractivity contribution in [1.82, 2.24) is 35.2 Å². The molecule has 4 aliphatic rings. The average molecular weight is 848 g/mol. The van der Waals surface area contributed by atoms with Gasteiger partial charge in [-0.15, -0.1) is 11.3 Å². The summed E-state index contributed by atoms with van der Waals surface area (Å²) in [5.74, 6) is -2.65. The van der Waals surface area contributed by atoms with Crippen LogP contribution in [0.4, 0.5) is 9.18 Å². The van der Waals surface area contributed by atoms with E-state index < -0.39 is 80.2 Å². The standard InChI is InChI=1S/C41H46FN7O8S2/c1-40(2,3)57-39(53)44-29-15-8-6-4-5-7-12-24-21-41(24,38(52)48-59(54,55)27-16-17-27)47-34(50)30-20-26(22-49(30)37(29)51)56-35-32-31(28-14-10-18-43-36(28)58-32)45-33(46-35)23-11-9-13-25(42)19-23/h7,9-14,18-19,24,26-27,29-30H,4-6,8,15-17,20-22H2,1-3H3,(H,44,53)(H,47,50)(H,48,52)/t24-,26-,29+,30+,41-/m1/s1. The van der Waals surface area contributed by atoms with Crippen LogP contribution in [-0.2, 0) is 29.1 Å². The fraction of sp³-hybridized carbons (Fsp3) is 0.488. The Labute approximate surface area is 344 Å². The lowest BCUT2D eigenvalue weighted by Crippen LogP contribution is -2.58. The van der Waals surface area contributed by atoms with Crippen molar-refractivity contribution < 1.29 is 41.5 Å². The summed E-state index contributed by atoms with van der Waals surface area (Å²) >= 11 is 1.30. The molecule has 4 aromatic rings. The van der Waals surface area contributed by atoms with Crippen molar-refractivity contribution in [2.24, 2.45) is 5.92 Å². The number of carbonyl (C=O) groups is 4. The highest BCUT2D eigenvalue weighted by molar-refractivity contribution is 7.91. The second-order valence-electron chi connectivity index (χ2n) is 16.7. The number of pyridine rings is 1. The number of fused-ring (bicyclic) bond motifs is 5. The molecule has 5 heterocycles. The van der Waals surface area contributed by atoms with Crippen LogP contribution < -0.4 is 20.1 Å². The predicted molar refractivity (Wildman–Crippen MR) is 217 cm³/mol. The molecule has 2 aliphatic heterocycles. The number of sulfonamides is 1. The number of amides is 4. The van der Waals surface area contributed by atoms with E-state index >= 15 is 0 Å². The summed E-state index contributed by atoms with van der Waals surface area (Å²) < 4.78 is 55.2. The van der Waals surface area contributed by atoms with Gasteiger partial charge in [-0.1, -0.05) is 37.1 Å². The van der Waals surface area contributed by atoms with Gasteiger partial charge in [0, 0.05) is 29.5 Å². The van der Waals surface area contributed by atoms with Gasteiger partial charge in [0.25, 0.3) is 5.91 Å². The summed E-state index contributed by atoms with van der Waals surface area (Å²) in [5, 5.41) is 5.69. The average Bonchev–Trinajstić information content (AvgIpc) is 4.07. The quantitative estimate of drug-likeness (QED) is 0.204. The minimum Gasteiger partial charge on any atom is -0.471 e. The molecule has 3 N–H and O–H groups in total. The minimum atomic E-state index is -3.93. The summed E-state index contributed by atoms with van der Waals surface area (Å²) in [6, 6.07) is 7.24. The van der Waals surface area contributed by atoms with Crippen molar-refractivity contribution in [1.29, 1.82) is 0 Å². The number of hydrogen-bond acceptors (Lipinski definition) is 12. The summed E-state index contributed by atoms with van der Waals surface area (Å²) in [6.07, 6.45) is 7.85. The molecule has 0 unspecified atom stereocenters. The van der Waals surface area contributed by atoms with E-state index in [1.807, 2.05) is 18.2 Å². The van der Waals surface area contributed by atoms with Crippen molar-refractivity contribution in [3.05, 3.63) is 60.6 Å². The maximum atomic E-state index is 14.7. The molecular weight excluding hydrogens is 802 g/mol. The Kier molecular flexibility index (Phi) is 10.8. The Morgan fingerprint density at radius 2 is 1.88 bits per heavy atom. The number of thiophene rings is 1. The van der Waals surface area contributed by atoms with Crippen molar-refractivity contribution in [2.45, 2.75) is 113 Å². The Balaban J connectivity index is 1.15. The monoisotopic (exact) mass is 847 g/mol. The molecule has 0 spiro atoms. The van der Waals surface area contributed by atoms with Gasteiger partial charge in [-0.05, 0) is 83.6 Å². The first-order chi connectivity index (χ1) is 28.1. The third-order valence-electron chi connectivity index (χ3n) is 11.0. The number of alkyl carbamates (subject to hydrolysis) is 1. The molecule has 312 valence electrons. The molecule has 15 nitrogen and oxygen atoms in total. The lowest BCUT2D eigenvalue weighted by Gasteiger charge is -2.30. The number of nitrogens with zero attached hydrogens (tertiary/aromatic N) is 4. The van der Waals surface area contributed by atoms with Crippen LogP contribution >= 0.6 is 11.3 Å². The fourth-order valence-corrected chi connectivity index (χ4v) is 10.1. The highest BCUT2D eigenvalue weighted by Gasteiger charge is 2.62. The minimum absolute atomic E-state index is 0.0424. The van der Waals surface area contributed by atoms with Gasteiger partial charge >= 0.3 is 6.09 Å². The predicted octanol–water partition coefficient (Wildman–Crippen LogP) is 5.29. The molecule has 8 rings (SSSR count). The molecule has 0 bridgehead atoms. The molecule has 4 amide bonds. The van der Waals surface area contributed by atoms with Crippen LogP contribution in [0.5, 0.6) is 5.88 Å². The van der Waals surface area contributed by atoms with Crippen LogP contribution in [0.15, 0.2) is 54.7 Å². The zero-order chi connectivity index (χ0) is 41.7. The Morgan fingerprint density at radius 3 is 2.64 bits per heavy atom. The highest BCUT2D eigenvalue weighted by Crippen LogP contribution is 2.46. The zero-order valence-electron chi connectivity index (χ0n) is 32.9. The third kappa shape index (κ3) is 8.74. The van der Waals surface area contributed by atoms with E-state index in [2.05, 4.69) is 20.3 Å². The number of benzene rings is 1. The summed E-state index contributed by atoms with van der Waals surface area (Å²) in [4.78, 5) is 72.2. The number of nitrogens with one attached hydrogen (secondary N) is 3.